The number of halogens is 1. The topological polar surface area (TPSA) is 133 Å². The van der Waals surface area contributed by atoms with Crippen LogP contribution in [-0.2, 0) is 19.1 Å². The van der Waals surface area contributed by atoms with Gasteiger partial charge in [0.15, 0.2) is 0 Å². The molecule has 11 heteroatoms. The van der Waals surface area contributed by atoms with Gasteiger partial charge >= 0.3 is 5.97 Å². The van der Waals surface area contributed by atoms with E-state index in [2.05, 4.69) is 20.6 Å². The van der Waals surface area contributed by atoms with Gasteiger partial charge in [-0.05, 0) is 44.0 Å². The highest BCUT2D eigenvalue weighted by molar-refractivity contribution is 6.30. The van der Waals surface area contributed by atoms with Crippen LogP contribution < -0.4 is 21.1 Å². The Morgan fingerprint density at radius 3 is 2.76 bits per heavy atom. The Labute approximate surface area is 194 Å². The summed E-state index contributed by atoms with van der Waals surface area (Å²) in [6.07, 6.45) is 1.24. The highest BCUT2D eigenvalue weighted by Gasteiger charge is 2.36. The zero-order valence-electron chi connectivity index (χ0n) is 18.0. The monoisotopic (exact) mass is 473 g/mol. The van der Waals surface area contributed by atoms with Gasteiger partial charge in [0.2, 0.25) is 17.8 Å². The van der Waals surface area contributed by atoms with Crippen molar-refractivity contribution in [3.8, 4) is 0 Å². The highest BCUT2D eigenvalue weighted by Crippen LogP contribution is 2.31. The average molecular weight is 474 g/mol. The molecule has 3 N–H and O–H groups in total. The summed E-state index contributed by atoms with van der Waals surface area (Å²) in [5.74, 6) is -2.21. The summed E-state index contributed by atoms with van der Waals surface area (Å²) in [6.45, 7) is 2.99. The summed E-state index contributed by atoms with van der Waals surface area (Å²) in [4.78, 5) is 59.3. The third-order valence-electron chi connectivity index (χ3n) is 5.71. The number of carbonyl (C=O) groups excluding carboxylic acids is 3. The van der Waals surface area contributed by atoms with Crippen LogP contribution in [0.4, 0.5) is 17.5 Å². The van der Waals surface area contributed by atoms with Crippen LogP contribution >= 0.6 is 11.6 Å². The van der Waals surface area contributed by atoms with Crippen molar-refractivity contribution in [3.63, 3.8) is 0 Å². The first-order chi connectivity index (χ1) is 15.9. The Kier molecular flexibility index (Phi) is 6.64. The number of carbonyl (C=O) groups is 3. The Bertz CT molecular complexity index is 1130. The number of esters is 1. The summed E-state index contributed by atoms with van der Waals surface area (Å²) in [5.41, 5.74) is 0.0875. The van der Waals surface area contributed by atoms with Crippen molar-refractivity contribution in [2.45, 2.75) is 32.1 Å². The second-order valence-electron chi connectivity index (χ2n) is 7.99. The van der Waals surface area contributed by atoms with Crippen LogP contribution in [0.15, 0.2) is 29.1 Å². The van der Waals surface area contributed by atoms with Crippen LogP contribution in [0.1, 0.15) is 37.7 Å². The summed E-state index contributed by atoms with van der Waals surface area (Å²) in [6, 6.07) is 6.51. The molecule has 3 heterocycles. The molecule has 2 aliphatic heterocycles. The SMILES string of the molecule is CCOC(=O)[C@@H]1CCCN(c2nc3c(c(=O)[nH]2)[C@H](C(=O)Nc2ccc(Cl)cc2)CC(=O)N3)C1. The van der Waals surface area contributed by atoms with E-state index in [9.17, 15) is 19.2 Å². The molecule has 0 unspecified atom stereocenters. The van der Waals surface area contributed by atoms with Crippen LogP contribution in [-0.4, -0.2) is 47.4 Å². The van der Waals surface area contributed by atoms with Gasteiger partial charge in [0.05, 0.1) is 24.0 Å². The van der Waals surface area contributed by atoms with Crippen molar-refractivity contribution in [2.24, 2.45) is 5.92 Å². The Morgan fingerprint density at radius 2 is 2.03 bits per heavy atom. The van der Waals surface area contributed by atoms with Crippen molar-refractivity contribution < 1.29 is 19.1 Å². The predicted molar refractivity (Wildman–Crippen MR) is 122 cm³/mol. The summed E-state index contributed by atoms with van der Waals surface area (Å²) in [5, 5.41) is 5.84. The van der Waals surface area contributed by atoms with E-state index >= 15 is 0 Å². The van der Waals surface area contributed by atoms with Gasteiger partial charge in [-0.2, -0.15) is 4.98 Å². The minimum atomic E-state index is -0.997. The standard InChI is InChI=1S/C22H24ClN5O5/c1-2-33-21(32)12-4-3-9-28(11-12)22-26-18-17(20(31)27-22)15(10-16(29)25-18)19(30)24-14-7-5-13(23)6-8-14/h5-8,12,15H,2-4,9-11H2,1H3,(H,24,30)(H2,25,26,27,29,31)/t12-,15-/m1/s1. The second-order valence-corrected chi connectivity index (χ2v) is 8.43. The number of fused-ring (bicyclic) bond motifs is 1. The number of piperidine rings is 1. The molecule has 0 bridgehead atoms. The van der Waals surface area contributed by atoms with Crippen molar-refractivity contribution in [1.82, 2.24) is 9.97 Å². The number of hydrogen-bond acceptors (Lipinski definition) is 7. The summed E-state index contributed by atoms with van der Waals surface area (Å²) in [7, 11) is 0. The molecular weight excluding hydrogens is 450 g/mol. The van der Waals surface area contributed by atoms with Gasteiger partial charge < -0.3 is 20.3 Å². The highest BCUT2D eigenvalue weighted by atomic mass is 35.5. The predicted octanol–water partition coefficient (Wildman–Crippen LogP) is 2.27. The lowest BCUT2D eigenvalue weighted by atomic mass is 9.92. The Hall–Kier alpha value is -3.40. The smallest absolute Gasteiger partial charge is 0.310 e. The number of nitrogens with zero attached hydrogens (tertiary/aromatic N) is 2. The first-order valence-electron chi connectivity index (χ1n) is 10.8. The fraction of sp³-hybridized carbons (Fsp3) is 0.409. The molecule has 1 saturated heterocycles. The summed E-state index contributed by atoms with van der Waals surface area (Å²) < 4.78 is 5.12. The normalized spacial score (nSPS) is 19.9. The number of ether oxygens (including phenoxy) is 1. The Morgan fingerprint density at radius 1 is 1.27 bits per heavy atom. The molecule has 0 aliphatic carbocycles. The van der Waals surface area contributed by atoms with Crippen molar-refractivity contribution >= 4 is 46.8 Å². The maximum absolute atomic E-state index is 13.0. The molecule has 2 amide bonds. The van der Waals surface area contributed by atoms with E-state index in [0.29, 0.717) is 36.8 Å². The fourth-order valence-electron chi connectivity index (χ4n) is 4.12. The van der Waals surface area contributed by atoms with Crippen molar-refractivity contribution in [1.29, 1.82) is 0 Å². The van der Waals surface area contributed by atoms with E-state index < -0.39 is 23.3 Å². The molecular formula is C22H24ClN5O5. The van der Waals surface area contributed by atoms with Gasteiger partial charge in [-0.3, -0.25) is 24.2 Å². The van der Waals surface area contributed by atoms with E-state index in [0.717, 1.165) is 6.42 Å². The molecule has 0 radical (unpaired) electrons. The molecule has 4 rings (SSSR count). The molecule has 174 valence electrons. The number of benzene rings is 1. The molecule has 2 aliphatic rings. The maximum Gasteiger partial charge on any atom is 0.310 e. The van der Waals surface area contributed by atoms with E-state index in [1.54, 1.807) is 36.1 Å². The van der Waals surface area contributed by atoms with Crippen LogP contribution in [0.2, 0.25) is 5.02 Å². The average Bonchev–Trinajstić information content (AvgIpc) is 2.80. The molecule has 10 nitrogen and oxygen atoms in total. The Balaban J connectivity index is 1.59. The maximum atomic E-state index is 13.0. The van der Waals surface area contributed by atoms with Gasteiger partial charge in [-0.25, -0.2) is 0 Å². The minimum absolute atomic E-state index is 0.0551. The third-order valence-corrected chi connectivity index (χ3v) is 5.96. The number of anilines is 3. The zero-order chi connectivity index (χ0) is 23.5. The van der Waals surface area contributed by atoms with Gasteiger partial charge in [-0.15, -0.1) is 0 Å². The number of hydrogen-bond donors (Lipinski definition) is 3. The molecule has 0 saturated carbocycles. The zero-order valence-corrected chi connectivity index (χ0v) is 18.8. The lowest BCUT2D eigenvalue weighted by Gasteiger charge is -2.32. The number of aromatic amines is 1. The van der Waals surface area contributed by atoms with E-state index in [1.807, 2.05) is 0 Å². The number of H-pyrrole nitrogens is 1. The first-order valence-corrected chi connectivity index (χ1v) is 11.2. The fourth-order valence-corrected chi connectivity index (χ4v) is 4.24. The minimum Gasteiger partial charge on any atom is -0.466 e. The van der Waals surface area contributed by atoms with Crippen LogP contribution in [0.3, 0.4) is 0 Å². The molecule has 2 atom stereocenters. The van der Waals surface area contributed by atoms with E-state index in [-0.39, 0.29) is 35.6 Å². The first kappa shape index (κ1) is 22.8. The van der Waals surface area contributed by atoms with Gasteiger partial charge in [0.1, 0.15) is 5.82 Å². The summed E-state index contributed by atoms with van der Waals surface area (Å²) >= 11 is 5.88. The van der Waals surface area contributed by atoms with E-state index in [1.165, 1.54) is 0 Å². The number of amides is 2. The van der Waals surface area contributed by atoms with Crippen molar-refractivity contribution in [2.75, 3.05) is 35.2 Å². The molecule has 1 aromatic heterocycles. The molecule has 2 aromatic rings. The van der Waals surface area contributed by atoms with Crippen LogP contribution in [0.25, 0.3) is 0 Å². The van der Waals surface area contributed by atoms with Crippen molar-refractivity contribution in [3.05, 3.63) is 45.2 Å². The quantitative estimate of drug-likeness (QED) is 0.567. The van der Waals surface area contributed by atoms with Crippen LogP contribution in [0.5, 0.6) is 0 Å². The van der Waals surface area contributed by atoms with Crippen LogP contribution in [0, 0.1) is 5.92 Å². The number of rotatable bonds is 5. The van der Waals surface area contributed by atoms with Gasteiger partial charge in [-0.1, -0.05) is 11.6 Å². The molecule has 1 fully saturated rings. The number of nitrogens with one attached hydrogen (secondary N) is 3. The third kappa shape index (κ3) is 5.00. The molecule has 0 spiro atoms. The lowest BCUT2D eigenvalue weighted by molar-refractivity contribution is -0.148. The lowest BCUT2D eigenvalue weighted by Crippen LogP contribution is -2.42. The van der Waals surface area contributed by atoms with Gasteiger partial charge in [0, 0.05) is 30.2 Å². The molecule has 1 aromatic carbocycles. The number of aromatic nitrogens is 2. The van der Waals surface area contributed by atoms with Gasteiger partial charge in [0.25, 0.3) is 5.56 Å². The van der Waals surface area contributed by atoms with E-state index in [4.69, 9.17) is 16.3 Å². The second kappa shape index (κ2) is 9.62. The molecule has 33 heavy (non-hydrogen) atoms. The largest absolute Gasteiger partial charge is 0.466 e.